The van der Waals surface area contributed by atoms with Gasteiger partial charge in [0.15, 0.2) is 12.0 Å². The van der Waals surface area contributed by atoms with Gasteiger partial charge in [-0.3, -0.25) is 9.59 Å². The molecule has 1 aromatic rings. The molecule has 2 amide bonds. The van der Waals surface area contributed by atoms with E-state index >= 15 is 0 Å². The Morgan fingerprint density at radius 3 is 2.45 bits per heavy atom. The summed E-state index contributed by atoms with van der Waals surface area (Å²) < 4.78 is 21.7. The van der Waals surface area contributed by atoms with Crippen LogP contribution in [0.15, 0.2) is 70.9 Å². The molecule has 0 unspecified atom stereocenters. The van der Waals surface area contributed by atoms with Crippen LogP contribution >= 0.6 is 0 Å². The van der Waals surface area contributed by atoms with E-state index in [0.29, 0.717) is 17.9 Å². The fourth-order valence-electron chi connectivity index (χ4n) is 6.88. The Balaban J connectivity index is 1.52. The molecular formula is C38H55N3O10. The second-order valence-corrected chi connectivity index (χ2v) is 13.9. The van der Waals surface area contributed by atoms with Crippen molar-refractivity contribution in [2.45, 2.75) is 89.9 Å². The van der Waals surface area contributed by atoms with Gasteiger partial charge in [-0.1, -0.05) is 68.5 Å². The second kappa shape index (κ2) is 17.6. The lowest BCUT2D eigenvalue weighted by Crippen LogP contribution is -2.81. The molecule has 2 saturated heterocycles. The maximum Gasteiger partial charge on any atom is 0.339 e. The first-order chi connectivity index (χ1) is 24.0. The van der Waals surface area contributed by atoms with E-state index in [2.05, 4.69) is 10.3 Å². The number of hydrogen-bond donors (Lipinski definition) is 4. The molecular weight excluding hydrogens is 658 g/mol. The number of aliphatic hydroxyl groups excluding tert-OH is 2. The molecule has 0 aromatic carbocycles. The summed E-state index contributed by atoms with van der Waals surface area (Å²) in [6, 6.07) is 0. The maximum atomic E-state index is 13.1. The highest BCUT2D eigenvalue weighted by atomic mass is 16.6. The number of nitrogens with one attached hydrogen (secondary N) is 1. The third-order valence-corrected chi connectivity index (χ3v) is 10.1. The topological polar surface area (TPSA) is 181 Å². The molecule has 1 aromatic heterocycles. The van der Waals surface area contributed by atoms with E-state index < -0.39 is 64.7 Å². The highest BCUT2D eigenvalue weighted by molar-refractivity contribution is 6.00. The van der Waals surface area contributed by atoms with Crippen molar-refractivity contribution in [1.29, 1.82) is 0 Å². The first-order valence-corrected chi connectivity index (χ1v) is 17.1. The number of allylic oxidation sites excluding steroid dienone is 7. The van der Waals surface area contributed by atoms with Gasteiger partial charge in [0, 0.05) is 41.2 Å². The number of hydrogen-bond acceptors (Lipinski definition) is 11. The summed E-state index contributed by atoms with van der Waals surface area (Å²) in [5.74, 6) is -1.50. The summed E-state index contributed by atoms with van der Waals surface area (Å²) >= 11 is 0. The van der Waals surface area contributed by atoms with Gasteiger partial charge in [-0.15, -0.1) is 0 Å². The Bertz CT molecular complexity index is 1530. The van der Waals surface area contributed by atoms with Gasteiger partial charge in [0.05, 0.1) is 42.4 Å². The zero-order chi connectivity index (χ0) is 38.1. The standard InChI is InChI=1S/C38H55N3O10/c1-24(17-13-10-11-14-18-28-22-40-27(4)50-28)32(43)36(5,6)34(45)39-20-16-12-15-19-29(42)25(2)21-30(49-9)38(47)26(3)33(44)41(7)37(38)31(23-48-8)51-35(37)46/h10-17,19,22,25-26,29-32,42-43,47H,18,20-21,23H2,1-9H3,(H,39,45)/t25-,26+,29+,30+,31+,32-,37-,38-/m1/s1. The van der Waals surface area contributed by atoms with Gasteiger partial charge in [-0.05, 0) is 38.7 Å². The number of aliphatic hydroxyl groups is 3. The van der Waals surface area contributed by atoms with Crippen molar-refractivity contribution >= 4 is 17.8 Å². The van der Waals surface area contributed by atoms with Crippen LogP contribution in [0.2, 0.25) is 0 Å². The molecule has 0 radical (unpaired) electrons. The summed E-state index contributed by atoms with van der Waals surface area (Å²) in [7, 11) is 4.30. The minimum atomic E-state index is -1.94. The monoisotopic (exact) mass is 713 g/mol. The lowest BCUT2D eigenvalue weighted by Gasteiger charge is -2.56. The van der Waals surface area contributed by atoms with Gasteiger partial charge in [0.25, 0.3) is 0 Å². The average molecular weight is 714 g/mol. The molecule has 8 atom stereocenters. The van der Waals surface area contributed by atoms with Crippen LogP contribution in [0.1, 0.15) is 52.7 Å². The molecule has 282 valence electrons. The number of carbonyl (C=O) groups is 3. The van der Waals surface area contributed by atoms with Crippen LogP contribution in [0.5, 0.6) is 0 Å². The largest absolute Gasteiger partial charge is 0.455 e. The molecule has 13 nitrogen and oxygen atoms in total. The van der Waals surface area contributed by atoms with Crippen LogP contribution in [0.25, 0.3) is 0 Å². The Labute approximate surface area is 300 Å². The third kappa shape index (κ3) is 8.44. The smallest absolute Gasteiger partial charge is 0.339 e. The van der Waals surface area contributed by atoms with Gasteiger partial charge < -0.3 is 44.2 Å². The summed E-state index contributed by atoms with van der Waals surface area (Å²) in [4.78, 5) is 44.3. The number of cyclic esters (lactones) is 1. The van der Waals surface area contributed by atoms with E-state index in [1.54, 1.807) is 84.2 Å². The van der Waals surface area contributed by atoms with E-state index in [0.717, 1.165) is 5.76 Å². The van der Waals surface area contributed by atoms with Crippen molar-refractivity contribution < 1.29 is 48.3 Å². The van der Waals surface area contributed by atoms with Crippen molar-refractivity contribution in [1.82, 2.24) is 15.2 Å². The molecule has 51 heavy (non-hydrogen) atoms. The first-order valence-electron chi connectivity index (χ1n) is 17.1. The summed E-state index contributed by atoms with van der Waals surface area (Å²) in [6.45, 7) is 10.4. The minimum absolute atomic E-state index is 0.0139. The predicted molar refractivity (Wildman–Crippen MR) is 190 cm³/mol. The van der Waals surface area contributed by atoms with Crippen LogP contribution in [0.3, 0.4) is 0 Å². The number of aryl methyl sites for hydroxylation is 1. The van der Waals surface area contributed by atoms with E-state index in [-0.39, 0.29) is 25.5 Å². The van der Waals surface area contributed by atoms with Crippen molar-refractivity contribution in [3.8, 4) is 0 Å². The number of carbonyl (C=O) groups excluding carboxylic acids is 3. The molecule has 4 N–H and O–H groups in total. The number of rotatable bonds is 18. The van der Waals surface area contributed by atoms with Crippen LogP contribution < -0.4 is 5.32 Å². The highest BCUT2D eigenvalue weighted by Crippen LogP contribution is 2.54. The van der Waals surface area contributed by atoms with E-state index in [1.165, 1.54) is 26.2 Å². The van der Waals surface area contributed by atoms with Crippen molar-refractivity contribution in [3.63, 3.8) is 0 Å². The number of nitrogens with zero attached hydrogens (tertiary/aromatic N) is 2. The number of likely N-dealkylation sites (N-methyl/N-ethyl adjacent to an activating group) is 1. The number of methoxy groups -OCH3 is 2. The van der Waals surface area contributed by atoms with E-state index in [1.807, 2.05) is 18.2 Å². The Morgan fingerprint density at radius 1 is 1.16 bits per heavy atom. The fourth-order valence-corrected chi connectivity index (χ4v) is 6.88. The van der Waals surface area contributed by atoms with Crippen LogP contribution in [-0.2, 0) is 35.0 Å². The SMILES string of the molecule is COC[C@@H]1OC(=O)[C@]12N(C)C(=O)[C@H](C)[C@@]2(O)[C@H](C[C@@H](C)[C@@H](O)C=CC=CCNC(=O)C(C)(C)[C@H](O)C(C)=CC=CC=CCc1cnc(C)o1)OC. The normalized spacial score (nSPS) is 26.8. The molecule has 0 aliphatic carbocycles. The van der Waals surface area contributed by atoms with Crippen molar-refractivity contribution in [2.24, 2.45) is 17.3 Å². The molecule has 3 rings (SSSR count). The second-order valence-electron chi connectivity index (χ2n) is 13.9. The zero-order valence-corrected chi connectivity index (χ0v) is 31.2. The van der Waals surface area contributed by atoms with Crippen LogP contribution in [-0.4, -0.2) is 113 Å². The number of amides is 2. The first kappa shape index (κ1) is 41.5. The van der Waals surface area contributed by atoms with Gasteiger partial charge >= 0.3 is 5.97 Å². The average Bonchev–Trinajstić information content (AvgIpc) is 3.58. The fraction of sp³-hybridized carbons (Fsp3) is 0.579. The molecule has 0 bridgehead atoms. The molecule has 2 fully saturated rings. The lowest BCUT2D eigenvalue weighted by molar-refractivity contribution is -0.264. The van der Waals surface area contributed by atoms with Crippen molar-refractivity contribution in [2.75, 3.05) is 34.4 Å². The lowest BCUT2D eigenvalue weighted by atomic mass is 9.65. The maximum absolute atomic E-state index is 13.1. The number of likely N-dealkylation sites (tertiary alicyclic amines) is 1. The van der Waals surface area contributed by atoms with Crippen LogP contribution in [0.4, 0.5) is 0 Å². The summed E-state index contributed by atoms with van der Waals surface area (Å²) in [5, 5.41) is 36.8. The molecule has 13 heteroatoms. The van der Waals surface area contributed by atoms with E-state index in [9.17, 15) is 29.7 Å². The van der Waals surface area contributed by atoms with Gasteiger partial charge in [0.1, 0.15) is 11.4 Å². The zero-order valence-electron chi connectivity index (χ0n) is 31.2. The number of ether oxygens (including phenoxy) is 3. The van der Waals surface area contributed by atoms with Gasteiger partial charge in [-0.25, -0.2) is 9.78 Å². The summed E-state index contributed by atoms with van der Waals surface area (Å²) in [5.41, 5.74) is -4.08. The number of aromatic nitrogens is 1. The Morgan fingerprint density at radius 2 is 1.84 bits per heavy atom. The van der Waals surface area contributed by atoms with E-state index in [4.69, 9.17) is 18.6 Å². The third-order valence-electron chi connectivity index (χ3n) is 10.1. The predicted octanol–water partition coefficient (Wildman–Crippen LogP) is 2.75. The molecule has 0 saturated carbocycles. The Hall–Kier alpha value is -3.88. The summed E-state index contributed by atoms with van der Waals surface area (Å²) in [6.07, 6.45) is 14.4. The quantitative estimate of drug-likeness (QED) is 0.130. The molecule has 3 heterocycles. The number of esters is 1. The number of oxazole rings is 1. The van der Waals surface area contributed by atoms with Crippen molar-refractivity contribution in [3.05, 3.63) is 78.1 Å². The molecule has 2 aliphatic heterocycles. The molecule has 1 spiro atoms. The minimum Gasteiger partial charge on any atom is -0.455 e. The van der Waals surface area contributed by atoms with Gasteiger partial charge in [0.2, 0.25) is 17.4 Å². The highest BCUT2D eigenvalue weighted by Gasteiger charge is 2.81. The van der Waals surface area contributed by atoms with Gasteiger partial charge in [-0.2, -0.15) is 0 Å². The molecule has 2 aliphatic rings. The Kier molecular flexibility index (Phi) is 14.3. The van der Waals surface area contributed by atoms with Crippen LogP contribution in [0, 0.1) is 24.2 Å².